The van der Waals surface area contributed by atoms with Gasteiger partial charge in [0.15, 0.2) is 0 Å². The highest BCUT2D eigenvalue weighted by molar-refractivity contribution is 6.01. The molecule has 0 atom stereocenters. The maximum atomic E-state index is 4.89. The second kappa shape index (κ2) is 12.1. The molecule has 1 aromatic carbocycles. The third kappa shape index (κ3) is 9.43. The highest BCUT2D eigenvalue weighted by atomic mass is 15.0. The van der Waals surface area contributed by atoms with Crippen molar-refractivity contribution >= 4 is 5.84 Å². The van der Waals surface area contributed by atoms with Gasteiger partial charge in [0.05, 0.1) is 6.54 Å². The van der Waals surface area contributed by atoms with Crippen LogP contribution in [-0.2, 0) is 12.0 Å². The highest BCUT2D eigenvalue weighted by Gasteiger charge is 2.12. The number of rotatable bonds is 9. The van der Waals surface area contributed by atoms with Crippen LogP contribution in [0.1, 0.15) is 65.5 Å². The molecule has 0 aromatic heterocycles. The molecular formula is C27H38N2. The van der Waals surface area contributed by atoms with Crippen LogP contribution in [0.5, 0.6) is 0 Å². The molecule has 0 saturated heterocycles. The molecule has 1 N–H and O–H groups in total. The van der Waals surface area contributed by atoms with E-state index in [1.807, 2.05) is 32.2 Å². The summed E-state index contributed by atoms with van der Waals surface area (Å²) in [6.45, 7) is 21.3. The van der Waals surface area contributed by atoms with Gasteiger partial charge in [-0.2, -0.15) is 0 Å². The largest absolute Gasteiger partial charge is 0.347 e. The van der Waals surface area contributed by atoms with Crippen molar-refractivity contribution in [3.8, 4) is 0 Å². The third-order valence-electron chi connectivity index (χ3n) is 4.40. The van der Waals surface area contributed by atoms with E-state index in [9.17, 15) is 0 Å². The lowest BCUT2D eigenvalue weighted by atomic mass is 9.87. The first-order valence-corrected chi connectivity index (χ1v) is 10.3. The van der Waals surface area contributed by atoms with Gasteiger partial charge < -0.3 is 5.32 Å². The number of nitrogens with one attached hydrogen (secondary N) is 1. The molecule has 0 radical (unpaired) electrons. The maximum Gasteiger partial charge on any atom is 0.132 e. The molecule has 0 amide bonds. The third-order valence-corrected chi connectivity index (χ3v) is 4.40. The van der Waals surface area contributed by atoms with Gasteiger partial charge in [0, 0.05) is 11.8 Å². The summed E-state index contributed by atoms with van der Waals surface area (Å²) >= 11 is 0. The van der Waals surface area contributed by atoms with E-state index in [0.29, 0.717) is 6.54 Å². The smallest absolute Gasteiger partial charge is 0.132 e. The van der Waals surface area contributed by atoms with Crippen molar-refractivity contribution in [2.24, 2.45) is 4.99 Å². The Bertz CT molecular complexity index is 794. The van der Waals surface area contributed by atoms with Crippen LogP contribution in [0.25, 0.3) is 0 Å². The van der Waals surface area contributed by atoms with Crippen molar-refractivity contribution < 1.29 is 0 Å². The number of hydrogen-bond donors (Lipinski definition) is 1. The van der Waals surface area contributed by atoms with E-state index in [4.69, 9.17) is 4.99 Å². The van der Waals surface area contributed by atoms with Crippen LogP contribution < -0.4 is 5.32 Å². The van der Waals surface area contributed by atoms with Crippen molar-refractivity contribution in [1.82, 2.24) is 5.32 Å². The number of aliphatic imine (C=N–C) groups is 1. The quantitative estimate of drug-likeness (QED) is 0.202. The van der Waals surface area contributed by atoms with Crippen LogP contribution in [0.2, 0.25) is 0 Å². The molecule has 0 spiro atoms. The van der Waals surface area contributed by atoms with Gasteiger partial charge in [-0.1, -0.05) is 87.1 Å². The Hall–Kier alpha value is -2.61. The lowest BCUT2D eigenvalue weighted by Crippen LogP contribution is -2.20. The molecular weight excluding hydrogens is 352 g/mol. The zero-order valence-electron chi connectivity index (χ0n) is 19.2. The molecule has 0 aliphatic heterocycles. The topological polar surface area (TPSA) is 24.4 Å². The van der Waals surface area contributed by atoms with E-state index in [-0.39, 0.29) is 5.41 Å². The summed E-state index contributed by atoms with van der Waals surface area (Å²) in [6.07, 6.45) is 11.9. The molecule has 0 saturated carbocycles. The Morgan fingerprint density at radius 2 is 1.79 bits per heavy atom. The number of allylic oxidation sites excluding steroid dienone is 5. The van der Waals surface area contributed by atoms with Crippen molar-refractivity contribution in [3.05, 3.63) is 95.8 Å². The van der Waals surface area contributed by atoms with Crippen molar-refractivity contribution in [3.63, 3.8) is 0 Å². The Kier molecular flexibility index (Phi) is 10.2. The molecule has 0 heterocycles. The molecule has 2 heteroatoms. The Balaban J connectivity index is 3.14. The van der Waals surface area contributed by atoms with E-state index in [2.05, 4.69) is 82.6 Å². The van der Waals surface area contributed by atoms with Gasteiger partial charge in [-0.05, 0) is 50.2 Å². The fourth-order valence-corrected chi connectivity index (χ4v) is 2.85. The standard InChI is InChI=1S/C27H38N2/c1-9-11-13-24(12-10-2)26(28-19-22(5)18-21(3)4)29-20-23-14-16-25(17-15-23)27(6,7)8/h9-10,12-17,19H,1,3,11,18,20H2,2,4-8H3,(H,28,29)/b12-10-,22-19+,24-13?. The Labute approximate surface area is 178 Å². The van der Waals surface area contributed by atoms with Crippen LogP contribution >= 0.6 is 0 Å². The van der Waals surface area contributed by atoms with Crippen molar-refractivity contribution in [2.75, 3.05) is 0 Å². The summed E-state index contributed by atoms with van der Waals surface area (Å²) in [5.41, 5.74) is 6.13. The van der Waals surface area contributed by atoms with Crippen molar-refractivity contribution in [2.45, 2.75) is 66.3 Å². The first kappa shape index (κ1) is 24.4. The van der Waals surface area contributed by atoms with E-state index < -0.39 is 0 Å². The summed E-state index contributed by atoms with van der Waals surface area (Å²) in [5, 5.41) is 3.42. The van der Waals surface area contributed by atoms with E-state index in [1.54, 1.807) is 0 Å². The molecule has 0 bridgehead atoms. The minimum absolute atomic E-state index is 0.159. The normalized spacial score (nSPS) is 13.7. The van der Waals surface area contributed by atoms with Gasteiger partial charge in [-0.25, -0.2) is 0 Å². The predicted octanol–water partition coefficient (Wildman–Crippen LogP) is 7.42. The molecule has 0 aliphatic rings. The van der Waals surface area contributed by atoms with Crippen LogP contribution in [0.4, 0.5) is 0 Å². The van der Waals surface area contributed by atoms with Crippen LogP contribution in [0.3, 0.4) is 0 Å². The zero-order chi connectivity index (χ0) is 21.9. The zero-order valence-corrected chi connectivity index (χ0v) is 19.2. The van der Waals surface area contributed by atoms with Crippen LogP contribution in [-0.4, -0.2) is 5.84 Å². The summed E-state index contributed by atoms with van der Waals surface area (Å²) in [5.74, 6) is 0.867. The Morgan fingerprint density at radius 3 is 2.31 bits per heavy atom. The molecule has 2 nitrogen and oxygen atoms in total. The van der Waals surface area contributed by atoms with Gasteiger partial charge >= 0.3 is 0 Å². The molecule has 1 rings (SSSR count). The molecule has 29 heavy (non-hydrogen) atoms. The molecule has 0 unspecified atom stereocenters. The van der Waals surface area contributed by atoms with Crippen LogP contribution in [0.15, 0.2) is 89.6 Å². The number of benzene rings is 1. The van der Waals surface area contributed by atoms with Gasteiger partial charge in [0.25, 0.3) is 0 Å². The fourth-order valence-electron chi connectivity index (χ4n) is 2.85. The number of hydrogen-bond acceptors (Lipinski definition) is 1. The van der Waals surface area contributed by atoms with E-state index in [0.717, 1.165) is 29.8 Å². The summed E-state index contributed by atoms with van der Waals surface area (Å²) in [4.78, 5) is 4.89. The van der Waals surface area contributed by atoms with Gasteiger partial charge in [-0.3, -0.25) is 4.99 Å². The van der Waals surface area contributed by atoms with Gasteiger partial charge in [0.2, 0.25) is 0 Å². The average Bonchev–Trinajstić information content (AvgIpc) is 2.64. The first-order chi connectivity index (χ1) is 13.7. The molecule has 1 aromatic rings. The minimum Gasteiger partial charge on any atom is -0.347 e. The highest BCUT2D eigenvalue weighted by Crippen LogP contribution is 2.22. The molecule has 156 valence electrons. The second-order valence-corrected chi connectivity index (χ2v) is 8.56. The van der Waals surface area contributed by atoms with Gasteiger partial charge in [-0.15, -0.1) is 6.58 Å². The summed E-state index contributed by atoms with van der Waals surface area (Å²) in [7, 11) is 0. The van der Waals surface area contributed by atoms with E-state index >= 15 is 0 Å². The van der Waals surface area contributed by atoms with Gasteiger partial charge in [0.1, 0.15) is 5.84 Å². The number of nitrogens with zero attached hydrogens (tertiary/aromatic N) is 1. The predicted molar refractivity (Wildman–Crippen MR) is 130 cm³/mol. The van der Waals surface area contributed by atoms with Crippen molar-refractivity contribution in [1.29, 1.82) is 0 Å². The summed E-state index contributed by atoms with van der Waals surface area (Å²) in [6, 6.07) is 8.75. The van der Waals surface area contributed by atoms with Crippen LogP contribution in [0, 0.1) is 0 Å². The molecule has 0 fully saturated rings. The lowest BCUT2D eigenvalue weighted by molar-refractivity contribution is 0.590. The Morgan fingerprint density at radius 1 is 1.14 bits per heavy atom. The molecule has 0 aliphatic carbocycles. The van der Waals surface area contributed by atoms with E-state index in [1.165, 1.54) is 16.7 Å². The SMILES string of the molecule is C=CCC=C(/C=C\C)C(=NCc1ccc(C(C)(C)C)cc1)N/C=C(\C)CC(=C)C. The monoisotopic (exact) mass is 390 g/mol. The second-order valence-electron chi connectivity index (χ2n) is 8.56. The minimum atomic E-state index is 0.159. The lowest BCUT2D eigenvalue weighted by Gasteiger charge is -2.19. The number of amidine groups is 1. The first-order valence-electron chi connectivity index (χ1n) is 10.3. The average molecular weight is 391 g/mol. The fraction of sp³-hybridized carbons (Fsp3) is 0.370. The maximum absolute atomic E-state index is 4.89. The summed E-state index contributed by atoms with van der Waals surface area (Å²) < 4.78 is 0.